The molecule has 0 atom stereocenters. The lowest BCUT2D eigenvalue weighted by Gasteiger charge is -2.08. The second kappa shape index (κ2) is 7.72. The highest BCUT2D eigenvalue weighted by Crippen LogP contribution is 2.32. The van der Waals surface area contributed by atoms with Crippen LogP contribution in [-0.2, 0) is 4.79 Å². The Bertz CT molecular complexity index is 987. The van der Waals surface area contributed by atoms with E-state index in [9.17, 15) is 4.79 Å². The van der Waals surface area contributed by atoms with Gasteiger partial charge in [-0.1, -0.05) is 18.5 Å². The Morgan fingerprint density at radius 3 is 2.81 bits per heavy atom. The van der Waals surface area contributed by atoms with Crippen molar-refractivity contribution >= 4 is 51.6 Å². The normalized spacial score (nSPS) is 10.6. The number of amides is 1. The number of halogens is 1. The van der Waals surface area contributed by atoms with Gasteiger partial charge in [-0.05, 0) is 48.6 Å². The van der Waals surface area contributed by atoms with Gasteiger partial charge < -0.3 is 19.8 Å². The fraction of sp³-hybridized carbons (Fsp3) is 0.167. The zero-order valence-electron chi connectivity index (χ0n) is 14.1. The monoisotopic (exact) mass is 389 g/mol. The first-order chi connectivity index (χ1) is 12.5. The second-order valence-corrected chi connectivity index (χ2v) is 6.22. The van der Waals surface area contributed by atoms with Crippen LogP contribution in [0.3, 0.4) is 0 Å². The SMILES string of the molecule is CCC(=O)NC(=S)Nc1ccc2oc(-c3ccc(OC)c(Cl)c3)nc2c1. The number of benzene rings is 2. The first-order valence-corrected chi connectivity index (χ1v) is 8.64. The number of nitrogens with zero attached hydrogens (tertiary/aromatic N) is 1. The average molecular weight is 390 g/mol. The molecule has 0 saturated heterocycles. The first kappa shape index (κ1) is 18.2. The van der Waals surface area contributed by atoms with Gasteiger partial charge in [0, 0.05) is 17.7 Å². The Labute approximate surface area is 160 Å². The number of carbonyl (C=O) groups is 1. The van der Waals surface area contributed by atoms with Crippen LogP contribution < -0.4 is 15.4 Å². The van der Waals surface area contributed by atoms with E-state index in [4.69, 9.17) is 33.0 Å². The summed E-state index contributed by atoms with van der Waals surface area (Å²) in [6.45, 7) is 1.76. The van der Waals surface area contributed by atoms with E-state index in [-0.39, 0.29) is 11.0 Å². The Morgan fingerprint density at radius 1 is 1.31 bits per heavy atom. The molecule has 0 aliphatic heterocycles. The van der Waals surface area contributed by atoms with Crippen LogP contribution in [0, 0.1) is 0 Å². The van der Waals surface area contributed by atoms with Crippen molar-refractivity contribution in [3.05, 3.63) is 41.4 Å². The summed E-state index contributed by atoms with van der Waals surface area (Å²) in [7, 11) is 1.56. The fourth-order valence-corrected chi connectivity index (χ4v) is 2.79. The largest absolute Gasteiger partial charge is 0.495 e. The highest BCUT2D eigenvalue weighted by atomic mass is 35.5. The van der Waals surface area contributed by atoms with Crippen molar-refractivity contribution in [3.8, 4) is 17.2 Å². The first-order valence-electron chi connectivity index (χ1n) is 7.85. The van der Waals surface area contributed by atoms with E-state index < -0.39 is 0 Å². The summed E-state index contributed by atoms with van der Waals surface area (Å²) in [5.41, 5.74) is 2.72. The number of ether oxygens (including phenoxy) is 1. The van der Waals surface area contributed by atoms with Gasteiger partial charge >= 0.3 is 0 Å². The number of hydrogen-bond donors (Lipinski definition) is 2. The van der Waals surface area contributed by atoms with Gasteiger partial charge in [-0.3, -0.25) is 4.79 Å². The van der Waals surface area contributed by atoms with Gasteiger partial charge in [0.2, 0.25) is 11.8 Å². The topological polar surface area (TPSA) is 76.4 Å². The molecule has 0 radical (unpaired) electrons. The molecule has 1 heterocycles. The Balaban J connectivity index is 1.84. The summed E-state index contributed by atoms with van der Waals surface area (Å²) in [4.78, 5) is 15.9. The van der Waals surface area contributed by atoms with Crippen molar-refractivity contribution in [1.82, 2.24) is 10.3 Å². The van der Waals surface area contributed by atoms with Gasteiger partial charge in [0.25, 0.3) is 0 Å². The Hall–Kier alpha value is -2.64. The molecule has 3 rings (SSSR count). The molecular weight excluding hydrogens is 374 g/mol. The molecule has 0 saturated carbocycles. The maximum absolute atomic E-state index is 11.4. The molecule has 1 aromatic heterocycles. The number of nitrogens with one attached hydrogen (secondary N) is 2. The third-order valence-electron chi connectivity index (χ3n) is 3.62. The fourth-order valence-electron chi connectivity index (χ4n) is 2.31. The van der Waals surface area contributed by atoms with Crippen LogP contribution in [0.15, 0.2) is 40.8 Å². The van der Waals surface area contributed by atoms with Gasteiger partial charge in [-0.25, -0.2) is 4.98 Å². The molecule has 1 amide bonds. The maximum atomic E-state index is 11.4. The zero-order valence-corrected chi connectivity index (χ0v) is 15.7. The maximum Gasteiger partial charge on any atom is 0.227 e. The molecule has 0 aliphatic carbocycles. The van der Waals surface area contributed by atoms with E-state index in [1.165, 1.54) is 0 Å². The number of fused-ring (bicyclic) bond motifs is 1. The minimum absolute atomic E-state index is 0.149. The van der Waals surface area contributed by atoms with Crippen LogP contribution in [-0.4, -0.2) is 23.1 Å². The molecular formula is C18H16ClN3O3S. The third kappa shape index (κ3) is 3.95. The van der Waals surface area contributed by atoms with Crippen LogP contribution in [0.4, 0.5) is 5.69 Å². The van der Waals surface area contributed by atoms with Crippen LogP contribution in [0.2, 0.25) is 5.02 Å². The molecule has 6 nitrogen and oxygen atoms in total. The smallest absolute Gasteiger partial charge is 0.227 e. The number of oxazole rings is 1. The van der Waals surface area contributed by atoms with Crippen LogP contribution in [0.5, 0.6) is 5.75 Å². The van der Waals surface area contributed by atoms with Gasteiger partial charge in [-0.2, -0.15) is 0 Å². The average Bonchev–Trinajstić information content (AvgIpc) is 3.04. The van der Waals surface area contributed by atoms with Crippen molar-refractivity contribution in [1.29, 1.82) is 0 Å². The van der Waals surface area contributed by atoms with Crippen molar-refractivity contribution in [2.75, 3.05) is 12.4 Å². The number of methoxy groups -OCH3 is 1. The number of hydrogen-bond acceptors (Lipinski definition) is 5. The highest BCUT2D eigenvalue weighted by Gasteiger charge is 2.12. The van der Waals surface area contributed by atoms with E-state index in [2.05, 4.69) is 15.6 Å². The zero-order chi connectivity index (χ0) is 18.7. The van der Waals surface area contributed by atoms with E-state index in [0.29, 0.717) is 39.9 Å². The lowest BCUT2D eigenvalue weighted by Crippen LogP contribution is -2.33. The summed E-state index contributed by atoms with van der Waals surface area (Å²) in [6.07, 6.45) is 0.359. The lowest BCUT2D eigenvalue weighted by molar-refractivity contribution is -0.119. The van der Waals surface area contributed by atoms with Gasteiger partial charge in [0.05, 0.1) is 12.1 Å². The standard InChI is InChI=1S/C18H16ClN3O3S/c1-3-16(23)22-18(26)20-11-5-7-15-13(9-11)21-17(25-15)10-4-6-14(24-2)12(19)8-10/h4-9H,3H2,1-2H3,(H2,20,22,23,26). The minimum Gasteiger partial charge on any atom is -0.495 e. The van der Waals surface area contributed by atoms with E-state index in [1.807, 2.05) is 6.07 Å². The molecule has 2 N–H and O–H groups in total. The lowest BCUT2D eigenvalue weighted by atomic mass is 10.2. The Kier molecular flexibility index (Phi) is 5.39. The summed E-state index contributed by atoms with van der Waals surface area (Å²) in [5.74, 6) is 0.882. The number of anilines is 1. The molecule has 0 aliphatic rings. The van der Waals surface area contributed by atoms with Crippen molar-refractivity contribution in [3.63, 3.8) is 0 Å². The summed E-state index contributed by atoms with van der Waals surface area (Å²) >= 11 is 11.3. The Morgan fingerprint density at radius 2 is 2.12 bits per heavy atom. The number of aromatic nitrogens is 1. The van der Waals surface area contributed by atoms with Gasteiger partial charge in [-0.15, -0.1) is 0 Å². The third-order valence-corrected chi connectivity index (χ3v) is 4.12. The molecule has 3 aromatic rings. The predicted octanol–water partition coefficient (Wildman–Crippen LogP) is 4.38. The molecule has 8 heteroatoms. The number of carbonyl (C=O) groups excluding carboxylic acids is 1. The van der Waals surface area contributed by atoms with E-state index in [1.54, 1.807) is 44.4 Å². The minimum atomic E-state index is -0.149. The molecule has 134 valence electrons. The van der Waals surface area contributed by atoms with Crippen LogP contribution >= 0.6 is 23.8 Å². The predicted molar refractivity (Wildman–Crippen MR) is 106 cm³/mol. The molecule has 0 spiro atoms. The number of thiocarbonyl (C=S) groups is 1. The molecule has 0 bridgehead atoms. The highest BCUT2D eigenvalue weighted by molar-refractivity contribution is 7.80. The van der Waals surface area contributed by atoms with E-state index in [0.717, 1.165) is 5.56 Å². The summed E-state index contributed by atoms with van der Waals surface area (Å²) in [5, 5.41) is 6.25. The van der Waals surface area contributed by atoms with Gasteiger partial charge in [0.1, 0.15) is 11.3 Å². The molecule has 2 aromatic carbocycles. The van der Waals surface area contributed by atoms with Crippen molar-refractivity contribution in [2.24, 2.45) is 0 Å². The second-order valence-electron chi connectivity index (χ2n) is 5.41. The van der Waals surface area contributed by atoms with Crippen LogP contribution in [0.1, 0.15) is 13.3 Å². The molecule has 0 fully saturated rings. The quantitative estimate of drug-likeness (QED) is 0.645. The van der Waals surface area contributed by atoms with E-state index >= 15 is 0 Å². The molecule has 26 heavy (non-hydrogen) atoms. The van der Waals surface area contributed by atoms with Gasteiger partial charge in [0.15, 0.2) is 10.7 Å². The molecule has 0 unspecified atom stereocenters. The van der Waals surface area contributed by atoms with Crippen LogP contribution in [0.25, 0.3) is 22.6 Å². The van der Waals surface area contributed by atoms with Crippen molar-refractivity contribution in [2.45, 2.75) is 13.3 Å². The summed E-state index contributed by atoms with van der Waals surface area (Å²) in [6, 6.07) is 10.7. The number of rotatable bonds is 4. The van der Waals surface area contributed by atoms with Crippen molar-refractivity contribution < 1.29 is 13.9 Å². The summed E-state index contributed by atoms with van der Waals surface area (Å²) < 4.78 is 10.9.